The molecule has 1 aliphatic heterocycles. The van der Waals surface area contributed by atoms with Crippen LogP contribution in [-0.4, -0.2) is 47.7 Å². The zero-order valence-corrected chi connectivity index (χ0v) is 13.9. The first-order valence-electron chi connectivity index (χ1n) is 8.69. The molecule has 0 radical (unpaired) electrons. The fraction of sp³-hybridized carbons (Fsp3) is 0.750. The van der Waals surface area contributed by atoms with Crippen LogP contribution in [0.1, 0.15) is 44.9 Å². The zero-order chi connectivity index (χ0) is 17.5. The number of rotatable bonds is 6. The second-order valence-electron chi connectivity index (χ2n) is 6.83. The summed E-state index contributed by atoms with van der Waals surface area (Å²) in [4.78, 5) is 23.0. The van der Waals surface area contributed by atoms with E-state index in [1.54, 1.807) is 12.2 Å². The Labute approximate surface area is 142 Å². The molecule has 2 aliphatic rings. The van der Waals surface area contributed by atoms with E-state index in [4.69, 9.17) is 15.5 Å². The van der Waals surface area contributed by atoms with Crippen molar-refractivity contribution in [3.05, 3.63) is 12.2 Å². The van der Waals surface area contributed by atoms with Crippen LogP contribution in [0, 0.1) is 11.8 Å². The largest absolute Gasteiger partial charge is 0.481 e. The molecule has 1 fully saturated rings. The number of nitrogens with two attached hydrogens (primary N) is 1. The molecule has 8 heteroatoms. The average Bonchev–Trinajstić information content (AvgIpc) is 2.69. The van der Waals surface area contributed by atoms with Crippen molar-refractivity contribution >= 4 is 19.0 Å². The van der Waals surface area contributed by atoms with Gasteiger partial charge in [-0.25, -0.2) is 0 Å². The lowest BCUT2D eigenvalue weighted by molar-refractivity contribution is -0.138. The van der Waals surface area contributed by atoms with Gasteiger partial charge < -0.3 is 25.8 Å². The van der Waals surface area contributed by atoms with Crippen molar-refractivity contribution in [3.63, 3.8) is 0 Å². The molecule has 0 aromatic carbocycles. The quantitative estimate of drug-likeness (QED) is 0.412. The predicted molar refractivity (Wildman–Crippen MR) is 89.9 cm³/mol. The van der Waals surface area contributed by atoms with E-state index in [-0.39, 0.29) is 12.3 Å². The van der Waals surface area contributed by atoms with Gasteiger partial charge in [0.25, 0.3) is 0 Å². The molecule has 5 N–H and O–H groups in total. The van der Waals surface area contributed by atoms with E-state index in [0.717, 1.165) is 25.7 Å². The minimum atomic E-state index is -1.21. The van der Waals surface area contributed by atoms with Gasteiger partial charge in [0.15, 0.2) is 0 Å². The number of carbonyl (C=O) groups is 2. The van der Waals surface area contributed by atoms with Gasteiger partial charge in [0.05, 0.1) is 18.5 Å². The molecule has 7 nitrogen and oxygen atoms in total. The van der Waals surface area contributed by atoms with Gasteiger partial charge in [0, 0.05) is 6.42 Å². The monoisotopic (exact) mass is 338 g/mol. The standard InChI is InChI=1S/C16H27BN2O5/c18-10-12-6-4-11(5-7-12)8-15(20)19-14-3-1-2-13(9-16(21)22)24-17(14)23/h1-2,11-14,23H,3-10,18H2,(H,19,20)(H,21,22)/t11-,12-,13-,14-/m0/s1. The number of carboxylic acid groups (broad SMARTS) is 1. The second-order valence-corrected chi connectivity index (χ2v) is 6.83. The number of hydrogen-bond acceptors (Lipinski definition) is 5. The highest BCUT2D eigenvalue weighted by Crippen LogP contribution is 2.30. The van der Waals surface area contributed by atoms with Crippen molar-refractivity contribution in [2.24, 2.45) is 17.6 Å². The zero-order valence-electron chi connectivity index (χ0n) is 13.9. The van der Waals surface area contributed by atoms with Crippen LogP contribution in [0.3, 0.4) is 0 Å². The molecule has 24 heavy (non-hydrogen) atoms. The topological polar surface area (TPSA) is 122 Å². The molecule has 134 valence electrons. The fourth-order valence-corrected chi connectivity index (χ4v) is 3.43. The van der Waals surface area contributed by atoms with E-state index >= 15 is 0 Å². The maximum Gasteiger partial charge on any atom is 0.478 e. The number of carboxylic acids is 1. The lowest BCUT2D eigenvalue weighted by atomic mass is 9.76. The smallest absolute Gasteiger partial charge is 0.478 e. The SMILES string of the molecule is NC[C@H]1CC[C@H](CC(=O)N[C@H]2CC=C[C@@H](CC(=O)O)OB2O)CC1. The van der Waals surface area contributed by atoms with E-state index in [1.165, 1.54) is 0 Å². The number of carbonyl (C=O) groups excluding carboxylic acids is 1. The minimum absolute atomic E-state index is 0.0936. The molecule has 0 aromatic rings. The predicted octanol–water partition coefficient (Wildman–Crippen LogP) is 0.466. The fourth-order valence-electron chi connectivity index (χ4n) is 3.43. The number of amides is 1. The third kappa shape index (κ3) is 5.92. The van der Waals surface area contributed by atoms with E-state index in [1.807, 2.05) is 0 Å². The summed E-state index contributed by atoms with van der Waals surface area (Å²) < 4.78 is 5.31. The first kappa shape index (κ1) is 19.0. The first-order valence-corrected chi connectivity index (χ1v) is 8.69. The molecule has 0 saturated heterocycles. The van der Waals surface area contributed by atoms with Crippen molar-refractivity contribution in [1.82, 2.24) is 5.32 Å². The molecular weight excluding hydrogens is 311 g/mol. The van der Waals surface area contributed by atoms with Gasteiger partial charge in [-0.1, -0.05) is 12.2 Å². The van der Waals surface area contributed by atoms with Crippen molar-refractivity contribution in [2.75, 3.05) is 6.54 Å². The average molecular weight is 338 g/mol. The summed E-state index contributed by atoms with van der Waals surface area (Å²) in [6.45, 7) is 0.717. The van der Waals surface area contributed by atoms with Gasteiger partial charge in [-0.15, -0.1) is 0 Å². The molecule has 1 amide bonds. The third-order valence-corrected chi connectivity index (χ3v) is 4.90. The molecule has 0 unspecified atom stereocenters. The van der Waals surface area contributed by atoms with Gasteiger partial charge in [0.2, 0.25) is 5.91 Å². The second kappa shape index (κ2) is 9.20. The normalized spacial score (nSPS) is 30.7. The summed E-state index contributed by atoms with van der Waals surface area (Å²) in [6.07, 6.45) is 7.53. The third-order valence-electron chi connectivity index (χ3n) is 4.90. The van der Waals surface area contributed by atoms with Crippen LogP contribution >= 0.6 is 0 Å². The van der Waals surface area contributed by atoms with Crippen LogP contribution in [0.4, 0.5) is 0 Å². The Balaban J connectivity index is 1.77. The van der Waals surface area contributed by atoms with Crippen LogP contribution in [0.15, 0.2) is 12.2 Å². The summed E-state index contributed by atoms with van der Waals surface area (Å²) in [7, 11) is -1.21. The van der Waals surface area contributed by atoms with Crippen molar-refractivity contribution in [2.45, 2.75) is 57.0 Å². The Hall–Kier alpha value is -1.38. The van der Waals surface area contributed by atoms with Gasteiger partial charge in [0.1, 0.15) is 0 Å². The van der Waals surface area contributed by atoms with Gasteiger partial charge in [-0.05, 0) is 50.5 Å². The number of nitrogens with one attached hydrogen (secondary N) is 1. The molecule has 0 spiro atoms. The Morgan fingerprint density at radius 3 is 2.50 bits per heavy atom. The Morgan fingerprint density at radius 2 is 1.88 bits per heavy atom. The van der Waals surface area contributed by atoms with Crippen LogP contribution < -0.4 is 11.1 Å². The molecule has 0 aromatic heterocycles. The highest BCUT2D eigenvalue weighted by Gasteiger charge is 2.33. The van der Waals surface area contributed by atoms with Crippen molar-refractivity contribution in [1.29, 1.82) is 0 Å². The van der Waals surface area contributed by atoms with Crippen molar-refractivity contribution < 1.29 is 24.4 Å². The van der Waals surface area contributed by atoms with E-state index in [0.29, 0.717) is 31.2 Å². The summed E-state index contributed by atoms with van der Waals surface area (Å²) in [5.74, 6) is -0.686. The molecular formula is C16H27BN2O5. The summed E-state index contributed by atoms with van der Waals surface area (Å²) in [6, 6.07) is 0. The maximum atomic E-state index is 12.2. The van der Waals surface area contributed by atoms with Crippen LogP contribution in [0.25, 0.3) is 0 Å². The molecule has 0 bridgehead atoms. The molecule has 1 heterocycles. The van der Waals surface area contributed by atoms with Crippen molar-refractivity contribution in [3.8, 4) is 0 Å². The highest BCUT2D eigenvalue weighted by atomic mass is 16.5. The molecule has 2 atom stereocenters. The van der Waals surface area contributed by atoms with E-state index < -0.39 is 25.1 Å². The number of hydrogen-bond donors (Lipinski definition) is 4. The summed E-state index contributed by atoms with van der Waals surface area (Å²) in [5, 5.41) is 21.7. The van der Waals surface area contributed by atoms with Gasteiger partial charge in [-0.3, -0.25) is 9.59 Å². The lowest BCUT2D eigenvalue weighted by Crippen LogP contribution is -2.48. The first-order chi connectivity index (χ1) is 11.5. The van der Waals surface area contributed by atoms with Gasteiger partial charge >= 0.3 is 13.1 Å². The lowest BCUT2D eigenvalue weighted by Gasteiger charge is -2.28. The molecule has 2 rings (SSSR count). The Kier molecular flexibility index (Phi) is 7.26. The van der Waals surface area contributed by atoms with Crippen LogP contribution in [0.5, 0.6) is 0 Å². The Bertz CT molecular complexity index is 465. The summed E-state index contributed by atoms with van der Waals surface area (Å²) in [5.41, 5.74) is 5.68. The van der Waals surface area contributed by atoms with E-state index in [9.17, 15) is 14.6 Å². The minimum Gasteiger partial charge on any atom is -0.481 e. The van der Waals surface area contributed by atoms with Crippen LogP contribution in [-0.2, 0) is 14.2 Å². The van der Waals surface area contributed by atoms with E-state index in [2.05, 4.69) is 5.32 Å². The Morgan fingerprint density at radius 1 is 1.21 bits per heavy atom. The maximum absolute atomic E-state index is 12.2. The molecule has 1 aliphatic carbocycles. The van der Waals surface area contributed by atoms with Crippen LogP contribution in [0.2, 0.25) is 0 Å². The number of aliphatic carboxylic acids is 1. The highest BCUT2D eigenvalue weighted by molar-refractivity contribution is 6.45. The summed E-state index contributed by atoms with van der Waals surface area (Å²) >= 11 is 0. The molecule has 1 saturated carbocycles. The van der Waals surface area contributed by atoms with Gasteiger partial charge in [-0.2, -0.15) is 0 Å².